The average molecular weight is 983 g/mol. The number of phenols is 17. The van der Waals surface area contributed by atoms with Crippen molar-refractivity contribution in [2.75, 3.05) is 0 Å². The Labute approximate surface area is 367 Å². The summed E-state index contributed by atoms with van der Waals surface area (Å²) < 4.78 is 5.62. The zero-order chi connectivity index (χ0) is 46.0. The zero-order valence-electron chi connectivity index (χ0n) is 31.9. The molecule has 1 aromatic heterocycles. The van der Waals surface area contributed by atoms with Gasteiger partial charge in [-0.15, -0.1) is 0 Å². The molecule has 17 N–H and O–H groups in total. The van der Waals surface area contributed by atoms with Crippen LogP contribution in [-0.4, -0.2) is 86.8 Å². The van der Waals surface area contributed by atoms with E-state index < -0.39 is 161 Å². The first-order chi connectivity index (χ1) is 30.3. The van der Waals surface area contributed by atoms with E-state index in [4.69, 9.17) is 4.42 Å². The zero-order valence-corrected chi connectivity index (χ0v) is 34.1. The van der Waals surface area contributed by atoms with Crippen molar-refractivity contribution >= 4 is 87.6 Å². The maximum Gasteiger partial charge on any atom is 0.205 e. The molecule has 18 nitrogen and oxygen atoms in total. The number of furan rings is 1. The molecule has 0 radical (unpaired) electrons. The highest BCUT2D eigenvalue weighted by Crippen LogP contribution is 2.67. The first kappa shape index (κ1) is 39.5. The van der Waals surface area contributed by atoms with Crippen LogP contribution >= 0.6 is 22.6 Å². The standard InChI is InChI=1S/C45H27IO18/c1-9-14-16-17-19(15(30(49)35(54)23(17)34(53)29(14)48)12-7-4-6-11-10-5-2-3-8-13(10)64-45(11)12)31(50)32(51)20(16)22(28(9)47)26-38(57)36(55)24(37(56)39(26)58)18-21-25(40(59)42(61)27(18)46)41(60)44(63)43(62)33(21)52/h2-8,47-63H,1H3. The quantitative estimate of drug-likeness (QED) is 0.0341. The molecule has 64 heavy (non-hydrogen) atoms. The minimum absolute atomic E-state index is 0.0590. The molecule has 0 aliphatic heterocycles. The van der Waals surface area contributed by atoms with Gasteiger partial charge in [0, 0.05) is 70.9 Å². The van der Waals surface area contributed by atoms with Crippen LogP contribution in [0.15, 0.2) is 46.9 Å². The van der Waals surface area contributed by atoms with Crippen LogP contribution < -0.4 is 0 Å². The van der Waals surface area contributed by atoms with Crippen molar-refractivity contribution in [3.8, 4) is 131 Å². The van der Waals surface area contributed by atoms with Gasteiger partial charge in [0.1, 0.15) is 16.9 Å². The number of aryl methyl sites for hydroxylation is 1. The van der Waals surface area contributed by atoms with Crippen molar-refractivity contribution in [3.05, 3.63) is 51.6 Å². The van der Waals surface area contributed by atoms with Gasteiger partial charge in [0.2, 0.25) is 11.5 Å². The summed E-state index contributed by atoms with van der Waals surface area (Å²) in [5.41, 5.74) is -3.83. The van der Waals surface area contributed by atoms with E-state index in [1.807, 2.05) is 0 Å². The predicted molar refractivity (Wildman–Crippen MR) is 237 cm³/mol. The van der Waals surface area contributed by atoms with Crippen LogP contribution in [0.1, 0.15) is 5.56 Å². The number of phenolic OH excluding ortho intramolecular Hbond substituents is 17. The fourth-order valence-corrected chi connectivity index (χ4v) is 9.83. The van der Waals surface area contributed by atoms with Gasteiger partial charge in [0.15, 0.2) is 80.5 Å². The van der Waals surface area contributed by atoms with Crippen molar-refractivity contribution < 1.29 is 91.2 Å². The summed E-state index contributed by atoms with van der Waals surface area (Å²) in [6.07, 6.45) is 0. The Hall–Kier alpha value is -8.59. The molecule has 0 saturated heterocycles. The van der Waals surface area contributed by atoms with Gasteiger partial charge in [-0.25, -0.2) is 0 Å². The minimum Gasteiger partial charge on any atom is -0.507 e. The van der Waals surface area contributed by atoms with E-state index in [0.717, 1.165) is 0 Å². The lowest BCUT2D eigenvalue weighted by atomic mass is 9.81. The molecule has 0 unspecified atom stereocenters. The molecule has 0 aliphatic carbocycles. The Morgan fingerprint density at radius 3 is 1.36 bits per heavy atom. The lowest BCUT2D eigenvalue weighted by Gasteiger charge is -2.25. The van der Waals surface area contributed by atoms with Crippen LogP contribution in [-0.2, 0) is 0 Å². The molecule has 19 heteroatoms. The summed E-state index contributed by atoms with van der Waals surface area (Å²) in [4.78, 5) is 0. The van der Waals surface area contributed by atoms with Crippen LogP contribution in [0.2, 0.25) is 0 Å². The Balaban J connectivity index is 1.38. The summed E-state index contributed by atoms with van der Waals surface area (Å²) >= 11 is 1.36. The van der Waals surface area contributed by atoms with Crippen molar-refractivity contribution in [3.63, 3.8) is 0 Å². The van der Waals surface area contributed by atoms with Crippen LogP contribution in [0.5, 0.6) is 97.7 Å². The summed E-state index contributed by atoms with van der Waals surface area (Å²) in [5.74, 6) is -20.6. The second-order valence-electron chi connectivity index (χ2n) is 15.0. The summed E-state index contributed by atoms with van der Waals surface area (Å²) in [6, 6.07) is 11.7. The van der Waals surface area contributed by atoms with Gasteiger partial charge >= 0.3 is 0 Å². The molecular weight excluding hydrogens is 955 g/mol. The van der Waals surface area contributed by atoms with Gasteiger partial charge in [0.05, 0.1) is 25.5 Å². The average Bonchev–Trinajstić information content (AvgIpc) is 3.66. The van der Waals surface area contributed by atoms with Gasteiger partial charge in [-0.1, -0.05) is 36.4 Å². The largest absolute Gasteiger partial charge is 0.507 e. The number of aromatic hydroxyl groups is 17. The van der Waals surface area contributed by atoms with Crippen LogP contribution in [0, 0.1) is 10.5 Å². The van der Waals surface area contributed by atoms with Gasteiger partial charge in [-0.3, -0.25) is 0 Å². The molecule has 0 amide bonds. The number of fused-ring (bicyclic) bond motifs is 4. The predicted octanol–water partition coefficient (Wildman–Crippen LogP) is 8.55. The third kappa shape index (κ3) is 4.51. The fourth-order valence-electron chi connectivity index (χ4n) is 9.04. The van der Waals surface area contributed by atoms with Gasteiger partial charge < -0.3 is 91.2 Å². The Kier molecular flexibility index (Phi) is 7.87. The number of hydrogen-bond donors (Lipinski definition) is 17. The first-order valence-corrected chi connectivity index (χ1v) is 19.5. The van der Waals surface area contributed by atoms with Crippen molar-refractivity contribution in [1.82, 2.24) is 0 Å². The molecule has 9 aromatic carbocycles. The summed E-state index contributed by atoms with van der Waals surface area (Å²) in [7, 11) is 0. The van der Waals surface area contributed by atoms with Crippen LogP contribution in [0.25, 0.3) is 98.4 Å². The number of rotatable bonds is 3. The third-order valence-corrected chi connectivity index (χ3v) is 13.0. The van der Waals surface area contributed by atoms with E-state index in [9.17, 15) is 86.8 Å². The van der Waals surface area contributed by atoms with Crippen molar-refractivity contribution in [2.45, 2.75) is 6.92 Å². The first-order valence-electron chi connectivity index (χ1n) is 18.5. The summed E-state index contributed by atoms with van der Waals surface area (Å²) in [6.45, 7) is 1.18. The Morgan fingerprint density at radius 1 is 0.328 bits per heavy atom. The maximum atomic E-state index is 12.1. The monoisotopic (exact) mass is 982 g/mol. The SMILES string of the molecule is Cc1c(O)c(-c2c(O)c(O)c(-c3c(I)c(O)c(O)c4c(O)c(O)c(O)c(O)c34)c(O)c2O)c2c(O)c(O)c3c(-c4cccc5c4oc4ccccc45)c(O)c(O)c4c(O)c(O)c1c2c43. The molecular formula is C45H27IO18. The van der Waals surface area contributed by atoms with Crippen LogP contribution in [0.4, 0.5) is 0 Å². The van der Waals surface area contributed by atoms with Crippen LogP contribution in [0.3, 0.4) is 0 Å². The maximum absolute atomic E-state index is 12.1. The number of hydrogen-bond acceptors (Lipinski definition) is 18. The molecule has 0 saturated carbocycles. The minimum atomic E-state index is -1.43. The van der Waals surface area contributed by atoms with E-state index in [1.54, 1.807) is 36.4 Å². The molecule has 0 aliphatic rings. The highest BCUT2D eigenvalue weighted by molar-refractivity contribution is 14.1. The normalized spacial score (nSPS) is 12.0. The topological polar surface area (TPSA) is 357 Å². The molecule has 0 spiro atoms. The van der Waals surface area contributed by atoms with E-state index in [2.05, 4.69) is 0 Å². The van der Waals surface area contributed by atoms with Gasteiger partial charge in [-0.2, -0.15) is 0 Å². The molecule has 0 atom stereocenters. The van der Waals surface area contributed by atoms with Gasteiger partial charge in [-0.05, 0) is 35.6 Å². The lowest BCUT2D eigenvalue weighted by molar-refractivity contribution is 0.349. The molecule has 10 aromatic rings. The molecule has 1 heterocycles. The Bertz CT molecular complexity index is 3800. The second-order valence-corrected chi connectivity index (χ2v) is 16.1. The van der Waals surface area contributed by atoms with Crippen molar-refractivity contribution in [2.24, 2.45) is 0 Å². The van der Waals surface area contributed by atoms with Crippen molar-refractivity contribution in [1.29, 1.82) is 0 Å². The number of benzene rings is 9. The highest BCUT2D eigenvalue weighted by atomic mass is 127. The van der Waals surface area contributed by atoms with E-state index >= 15 is 0 Å². The Morgan fingerprint density at radius 2 is 0.734 bits per heavy atom. The number of para-hydroxylation sites is 2. The molecule has 0 fully saturated rings. The van der Waals surface area contributed by atoms with E-state index in [1.165, 1.54) is 35.6 Å². The molecule has 322 valence electrons. The second kappa shape index (κ2) is 12.7. The third-order valence-electron chi connectivity index (χ3n) is 11.9. The summed E-state index contributed by atoms with van der Waals surface area (Å²) in [5, 5.41) is 190. The lowest BCUT2D eigenvalue weighted by Crippen LogP contribution is -1.98. The van der Waals surface area contributed by atoms with Gasteiger partial charge in [0.25, 0.3) is 0 Å². The molecule has 10 rings (SSSR count). The smallest absolute Gasteiger partial charge is 0.205 e. The molecule has 0 bridgehead atoms. The van der Waals surface area contributed by atoms with E-state index in [0.29, 0.717) is 16.4 Å². The fraction of sp³-hybridized carbons (Fsp3) is 0.0222. The number of halogens is 1. The van der Waals surface area contributed by atoms with E-state index in [-0.39, 0.29) is 27.7 Å². The highest BCUT2D eigenvalue weighted by Gasteiger charge is 2.38.